The third-order valence-electron chi connectivity index (χ3n) is 2.78. The molecule has 0 unspecified atom stereocenters. The fourth-order valence-electron chi connectivity index (χ4n) is 1.86. The van der Waals surface area contributed by atoms with Crippen LogP contribution in [0.2, 0.25) is 5.28 Å². The number of carboxylic acids is 1. The van der Waals surface area contributed by atoms with Gasteiger partial charge in [-0.05, 0) is 30.5 Å². The van der Waals surface area contributed by atoms with Crippen LogP contribution in [-0.2, 0) is 4.79 Å². The van der Waals surface area contributed by atoms with Gasteiger partial charge >= 0.3 is 5.97 Å². The van der Waals surface area contributed by atoms with E-state index in [0.717, 1.165) is 5.82 Å². The zero-order valence-electron chi connectivity index (χ0n) is 8.64. The van der Waals surface area contributed by atoms with Crippen molar-refractivity contribution in [3.8, 4) is 0 Å². The lowest BCUT2D eigenvalue weighted by Gasteiger charge is -2.30. The summed E-state index contributed by atoms with van der Waals surface area (Å²) in [7, 11) is 0. The molecule has 6 heteroatoms. The van der Waals surface area contributed by atoms with Gasteiger partial charge in [-0.25, -0.2) is 9.97 Å². The van der Waals surface area contributed by atoms with Gasteiger partial charge in [-0.3, -0.25) is 4.79 Å². The summed E-state index contributed by atoms with van der Waals surface area (Å²) in [6.45, 7) is 1.40. The van der Waals surface area contributed by atoms with Crippen LogP contribution in [0.25, 0.3) is 0 Å². The summed E-state index contributed by atoms with van der Waals surface area (Å²) in [6.07, 6.45) is 2.90. The molecule has 0 aliphatic carbocycles. The highest BCUT2D eigenvalue weighted by molar-refractivity contribution is 6.28. The molecule has 2 rings (SSSR count). The van der Waals surface area contributed by atoms with Gasteiger partial charge in [0.15, 0.2) is 0 Å². The molecule has 1 aromatic rings. The highest BCUT2D eigenvalue weighted by Gasteiger charge is 2.25. The molecule has 16 heavy (non-hydrogen) atoms. The lowest BCUT2D eigenvalue weighted by molar-refractivity contribution is -0.142. The molecular weight excluding hydrogens is 230 g/mol. The fraction of sp³-hybridized carbons (Fsp3) is 0.500. The Balaban J connectivity index is 2.01. The third-order valence-corrected chi connectivity index (χ3v) is 2.96. The van der Waals surface area contributed by atoms with E-state index in [2.05, 4.69) is 9.97 Å². The molecular formula is C10H12ClN3O2. The van der Waals surface area contributed by atoms with Crippen LogP contribution in [0, 0.1) is 5.92 Å². The van der Waals surface area contributed by atoms with E-state index >= 15 is 0 Å². The van der Waals surface area contributed by atoms with Crippen molar-refractivity contribution in [2.45, 2.75) is 12.8 Å². The Morgan fingerprint density at radius 1 is 1.50 bits per heavy atom. The second-order valence-electron chi connectivity index (χ2n) is 3.78. The number of halogens is 1. The zero-order valence-corrected chi connectivity index (χ0v) is 9.39. The summed E-state index contributed by atoms with van der Waals surface area (Å²) in [6, 6.07) is 1.78. The SMILES string of the molecule is O=C(O)C1CCN(c2ccnc(Cl)n2)CC1. The monoisotopic (exact) mass is 241 g/mol. The van der Waals surface area contributed by atoms with E-state index in [1.807, 2.05) is 4.90 Å². The molecule has 86 valence electrons. The second kappa shape index (κ2) is 4.65. The maximum Gasteiger partial charge on any atom is 0.306 e. The van der Waals surface area contributed by atoms with Crippen LogP contribution in [-0.4, -0.2) is 34.1 Å². The highest BCUT2D eigenvalue weighted by atomic mass is 35.5. The summed E-state index contributed by atoms with van der Waals surface area (Å²) in [5.74, 6) is -0.169. The van der Waals surface area contributed by atoms with Crippen molar-refractivity contribution in [2.75, 3.05) is 18.0 Å². The molecule has 0 saturated carbocycles. The molecule has 0 amide bonds. The van der Waals surface area contributed by atoms with Crippen LogP contribution in [0.4, 0.5) is 5.82 Å². The van der Waals surface area contributed by atoms with Gasteiger partial charge in [-0.2, -0.15) is 0 Å². The van der Waals surface area contributed by atoms with E-state index in [4.69, 9.17) is 16.7 Å². The van der Waals surface area contributed by atoms with E-state index < -0.39 is 5.97 Å². The summed E-state index contributed by atoms with van der Waals surface area (Å²) >= 11 is 5.70. The standard InChI is InChI=1S/C10H12ClN3O2/c11-10-12-4-1-8(13-10)14-5-2-7(3-6-14)9(15)16/h1,4,7H,2-3,5-6H2,(H,15,16). The van der Waals surface area contributed by atoms with Gasteiger partial charge in [0, 0.05) is 19.3 Å². The number of anilines is 1. The third kappa shape index (κ3) is 2.41. The minimum atomic E-state index is -0.708. The van der Waals surface area contributed by atoms with Crippen LogP contribution in [0.3, 0.4) is 0 Å². The fourth-order valence-corrected chi connectivity index (χ4v) is 2.00. The molecule has 0 bridgehead atoms. The quantitative estimate of drug-likeness (QED) is 0.794. The van der Waals surface area contributed by atoms with Crippen LogP contribution < -0.4 is 4.90 Å². The Labute approximate surface area is 98.1 Å². The Morgan fingerprint density at radius 3 is 2.75 bits per heavy atom. The smallest absolute Gasteiger partial charge is 0.306 e. The van der Waals surface area contributed by atoms with Gasteiger partial charge in [0.25, 0.3) is 0 Å². The number of rotatable bonds is 2. The minimum absolute atomic E-state index is 0.220. The van der Waals surface area contributed by atoms with Gasteiger partial charge in [0.2, 0.25) is 5.28 Å². The summed E-state index contributed by atoms with van der Waals surface area (Å²) in [4.78, 5) is 20.7. The molecule has 2 heterocycles. The van der Waals surface area contributed by atoms with Crippen molar-refractivity contribution in [3.63, 3.8) is 0 Å². The molecule has 1 saturated heterocycles. The largest absolute Gasteiger partial charge is 0.481 e. The minimum Gasteiger partial charge on any atom is -0.481 e. The molecule has 0 atom stereocenters. The first kappa shape index (κ1) is 11.1. The Kier molecular flexibility index (Phi) is 3.24. The molecule has 0 radical (unpaired) electrons. The van der Waals surface area contributed by atoms with Crippen LogP contribution >= 0.6 is 11.6 Å². The predicted molar refractivity (Wildman–Crippen MR) is 59.6 cm³/mol. The first-order valence-corrected chi connectivity index (χ1v) is 5.51. The van der Waals surface area contributed by atoms with E-state index in [9.17, 15) is 4.79 Å². The maximum atomic E-state index is 10.8. The number of aliphatic carboxylic acids is 1. The van der Waals surface area contributed by atoms with Gasteiger partial charge in [0.1, 0.15) is 5.82 Å². The molecule has 5 nitrogen and oxygen atoms in total. The molecule has 0 aromatic carbocycles. The van der Waals surface area contributed by atoms with Gasteiger partial charge in [0.05, 0.1) is 5.92 Å². The van der Waals surface area contributed by atoms with Gasteiger partial charge in [-0.1, -0.05) is 0 Å². The average molecular weight is 242 g/mol. The van der Waals surface area contributed by atoms with Crippen molar-refractivity contribution in [1.82, 2.24) is 9.97 Å². The predicted octanol–water partition coefficient (Wildman–Crippen LogP) is 1.43. The molecule has 1 aliphatic heterocycles. The summed E-state index contributed by atoms with van der Waals surface area (Å²) in [5, 5.41) is 9.09. The van der Waals surface area contributed by atoms with Crippen molar-refractivity contribution < 1.29 is 9.90 Å². The number of nitrogens with zero attached hydrogens (tertiary/aromatic N) is 3. The van der Waals surface area contributed by atoms with Crippen molar-refractivity contribution >= 4 is 23.4 Å². The van der Waals surface area contributed by atoms with Crippen molar-refractivity contribution in [2.24, 2.45) is 5.92 Å². The first-order chi connectivity index (χ1) is 7.66. The Morgan fingerprint density at radius 2 is 2.19 bits per heavy atom. The second-order valence-corrected chi connectivity index (χ2v) is 4.12. The molecule has 1 fully saturated rings. The number of hydrogen-bond acceptors (Lipinski definition) is 4. The number of piperidine rings is 1. The summed E-state index contributed by atoms with van der Waals surface area (Å²) in [5.41, 5.74) is 0. The van der Waals surface area contributed by atoms with Gasteiger partial charge < -0.3 is 10.0 Å². The van der Waals surface area contributed by atoms with E-state index in [1.54, 1.807) is 12.3 Å². The zero-order chi connectivity index (χ0) is 11.5. The highest BCUT2D eigenvalue weighted by Crippen LogP contribution is 2.22. The van der Waals surface area contributed by atoms with Crippen molar-refractivity contribution in [3.05, 3.63) is 17.5 Å². The van der Waals surface area contributed by atoms with Crippen LogP contribution in [0.1, 0.15) is 12.8 Å². The Hall–Kier alpha value is -1.36. The van der Waals surface area contributed by atoms with E-state index in [0.29, 0.717) is 25.9 Å². The molecule has 0 spiro atoms. The van der Waals surface area contributed by atoms with Crippen LogP contribution in [0.5, 0.6) is 0 Å². The molecule has 1 N–H and O–H groups in total. The Bertz CT molecular complexity index is 391. The van der Waals surface area contributed by atoms with Crippen LogP contribution in [0.15, 0.2) is 12.3 Å². The normalized spacial score (nSPS) is 17.4. The first-order valence-electron chi connectivity index (χ1n) is 5.13. The molecule has 1 aromatic heterocycles. The van der Waals surface area contributed by atoms with E-state index in [1.165, 1.54) is 0 Å². The number of aromatic nitrogens is 2. The van der Waals surface area contributed by atoms with Gasteiger partial charge in [-0.15, -0.1) is 0 Å². The lowest BCUT2D eigenvalue weighted by Crippen LogP contribution is -2.36. The number of hydrogen-bond donors (Lipinski definition) is 1. The topological polar surface area (TPSA) is 66.3 Å². The maximum absolute atomic E-state index is 10.8. The summed E-state index contributed by atoms with van der Waals surface area (Å²) < 4.78 is 0. The van der Waals surface area contributed by atoms with Crippen molar-refractivity contribution in [1.29, 1.82) is 0 Å². The molecule has 1 aliphatic rings. The number of carbonyl (C=O) groups is 1. The van der Waals surface area contributed by atoms with E-state index in [-0.39, 0.29) is 11.2 Å². The number of carboxylic acid groups (broad SMARTS) is 1. The lowest BCUT2D eigenvalue weighted by atomic mass is 9.97. The average Bonchev–Trinajstić information content (AvgIpc) is 2.29.